The van der Waals surface area contributed by atoms with E-state index in [1.54, 1.807) is 28.8 Å². The maximum absolute atomic E-state index is 13.2. The molecule has 0 unspecified atom stereocenters. The first kappa shape index (κ1) is 25.1. The minimum absolute atomic E-state index is 0.231. The molecule has 3 heterocycles. The summed E-state index contributed by atoms with van der Waals surface area (Å²) in [4.78, 5) is 20.7. The number of nitrogens with zero attached hydrogens (tertiary/aromatic N) is 3. The van der Waals surface area contributed by atoms with Gasteiger partial charge < -0.3 is 10.2 Å². The molecule has 2 aromatic heterocycles. The number of halogens is 3. The summed E-state index contributed by atoms with van der Waals surface area (Å²) in [6.07, 6.45) is 2.02. The molecule has 5 nitrogen and oxygen atoms in total. The lowest BCUT2D eigenvalue weighted by molar-refractivity contribution is 0.177. The number of hydrogen-bond acceptors (Lipinski definition) is 4. The predicted octanol–water partition coefficient (Wildman–Crippen LogP) is 7.30. The van der Waals surface area contributed by atoms with Crippen molar-refractivity contribution in [3.8, 4) is 16.9 Å². The van der Waals surface area contributed by atoms with Crippen molar-refractivity contribution in [1.82, 2.24) is 14.5 Å². The van der Waals surface area contributed by atoms with Crippen LogP contribution in [0.15, 0.2) is 65.5 Å². The van der Waals surface area contributed by atoms with Crippen molar-refractivity contribution >= 4 is 51.5 Å². The Morgan fingerprint density at radius 2 is 1.58 bits per heavy atom. The van der Waals surface area contributed by atoms with Gasteiger partial charge in [-0.1, -0.05) is 59.1 Å². The highest BCUT2D eigenvalue weighted by Gasteiger charge is 2.23. The molecular weight excluding hydrogens is 515 g/mol. The predicted molar refractivity (Wildman–Crippen MR) is 151 cm³/mol. The number of piperidine rings is 1. The van der Waals surface area contributed by atoms with Crippen LogP contribution in [0, 0.1) is 0 Å². The Morgan fingerprint density at radius 3 is 2.25 bits per heavy atom. The SMILES string of the molecule is CC(C)N1CCC(Nc2cc3c(ccc(=O)n3-c3c(Cl)cccc3Cl)c(-c3ccccc3Cl)n2)CC1. The maximum atomic E-state index is 13.2. The first-order valence-electron chi connectivity index (χ1n) is 12.1. The molecule has 0 spiro atoms. The summed E-state index contributed by atoms with van der Waals surface area (Å²) in [6.45, 7) is 6.52. The minimum Gasteiger partial charge on any atom is -0.367 e. The van der Waals surface area contributed by atoms with Gasteiger partial charge >= 0.3 is 0 Å². The molecule has 0 bridgehead atoms. The Balaban J connectivity index is 1.70. The Hall–Kier alpha value is -2.57. The summed E-state index contributed by atoms with van der Waals surface area (Å²) in [5.74, 6) is 0.683. The lowest BCUT2D eigenvalue weighted by atomic mass is 10.0. The maximum Gasteiger partial charge on any atom is 0.255 e. The summed E-state index contributed by atoms with van der Waals surface area (Å²) < 4.78 is 1.56. The second kappa shape index (κ2) is 10.4. The molecule has 1 N–H and O–H groups in total. The van der Waals surface area contributed by atoms with Crippen LogP contribution in [-0.4, -0.2) is 39.6 Å². The van der Waals surface area contributed by atoms with Gasteiger partial charge in [0.1, 0.15) is 5.82 Å². The second-order valence-electron chi connectivity index (χ2n) is 9.39. The van der Waals surface area contributed by atoms with E-state index in [9.17, 15) is 4.79 Å². The average Bonchev–Trinajstić information content (AvgIpc) is 2.85. The van der Waals surface area contributed by atoms with Crippen LogP contribution >= 0.6 is 34.8 Å². The second-order valence-corrected chi connectivity index (χ2v) is 10.6. The van der Waals surface area contributed by atoms with Gasteiger partial charge in [0.2, 0.25) is 0 Å². The highest BCUT2D eigenvalue weighted by Crippen LogP contribution is 2.36. The quantitative estimate of drug-likeness (QED) is 0.288. The van der Waals surface area contributed by atoms with Crippen LogP contribution in [0.1, 0.15) is 26.7 Å². The summed E-state index contributed by atoms with van der Waals surface area (Å²) in [6, 6.07) is 18.8. The standard InChI is InChI=1S/C28H27Cl3N4O/c1-17(2)34-14-12-18(13-15-34)32-25-16-24-20(27(33-25)19-6-3-4-7-21(19)29)10-11-26(36)35(24)28-22(30)8-5-9-23(28)31/h3-11,16-18H,12-15H2,1-2H3,(H,32,33). The highest BCUT2D eigenvalue weighted by atomic mass is 35.5. The van der Waals surface area contributed by atoms with Gasteiger partial charge in [0.25, 0.3) is 5.56 Å². The van der Waals surface area contributed by atoms with Crippen molar-refractivity contribution in [3.63, 3.8) is 0 Å². The van der Waals surface area contributed by atoms with Gasteiger partial charge in [-0.15, -0.1) is 0 Å². The molecule has 1 saturated heterocycles. The van der Waals surface area contributed by atoms with Gasteiger partial charge in [-0.25, -0.2) is 4.98 Å². The van der Waals surface area contributed by atoms with E-state index in [1.807, 2.05) is 30.3 Å². The Morgan fingerprint density at radius 1 is 0.917 bits per heavy atom. The summed E-state index contributed by atoms with van der Waals surface area (Å²) in [7, 11) is 0. The molecule has 5 rings (SSSR count). The first-order chi connectivity index (χ1) is 17.3. The third-order valence-corrected chi connectivity index (χ3v) is 7.73. The van der Waals surface area contributed by atoms with Crippen molar-refractivity contribution < 1.29 is 0 Å². The molecule has 36 heavy (non-hydrogen) atoms. The zero-order valence-corrected chi connectivity index (χ0v) is 22.4. The topological polar surface area (TPSA) is 50.2 Å². The number of nitrogens with one attached hydrogen (secondary N) is 1. The fourth-order valence-corrected chi connectivity index (χ4v) is 5.67. The van der Waals surface area contributed by atoms with Gasteiger partial charge in [0, 0.05) is 53.3 Å². The van der Waals surface area contributed by atoms with Crippen LogP contribution < -0.4 is 10.9 Å². The molecule has 0 radical (unpaired) electrons. The number of rotatable bonds is 5. The van der Waals surface area contributed by atoms with Crippen molar-refractivity contribution in [1.29, 1.82) is 0 Å². The van der Waals surface area contributed by atoms with Crippen molar-refractivity contribution in [2.75, 3.05) is 18.4 Å². The van der Waals surface area contributed by atoms with E-state index in [-0.39, 0.29) is 11.6 Å². The van der Waals surface area contributed by atoms with Crippen LogP contribution in [0.25, 0.3) is 27.8 Å². The van der Waals surface area contributed by atoms with Gasteiger partial charge in [-0.2, -0.15) is 0 Å². The fourth-order valence-electron chi connectivity index (χ4n) is 4.87. The van der Waals surface area contributed by atoms with E-state index in [2.05, 4.69) is 24.1 Å². The van der Waals surface area contributed by atoms with Crippen molar-refractivity contribution in [3.05, 3.63) is 86.1 Å². The van der Waals surface area contributed by atoms with Crippen LogP contribution in [0.5, 0.6) is 0 Å². The number of pyridine rings is 2. The summed E-state index contributed by atoms with van der Waals surface area (Å²) in [5, 5.41) is 5.77. The summed E-state index contributed by atoms with van der Waals surface area (Å²) >= 11 is 19.7. The highest BCUT2D eigenvalue weighted by molar-refractivity contribution is 6.38. The lowest BCUT2D eigenvalue weighted by Gasteiger charge is -2.35. The monoisotopic (exact) mass is 540 g/mol. The first-order valence-corrected chi connectivity index (χ1v) is 13.2. The molecule has 1 aliphatic heterocycles. The van der Waals surface area contributed by atoms with E-state index >= 15 is 0 Å². The van der Waals surface area contributed by atoms with Crippen LogP contribution in [0.3, 0.4) is 0 Å². The largest absolute Gasteiger partial charge is 0.367 e. The molecule has 8 heteroatoms. The average molecular weight is 542 g/mol. The molecule has 2 aromatic carbocycles. The molecule has 0 aliphatic carbocycles. The molecule has 1 fully saturated rings. The minimum atomic E-state index is -0.231. The van der Waals surface area contributed by atoms with Gasteiger partial charge in [-0.05, 0) is 51.0 Å². The molecule has 0 atom stereocenters. The third kappa shape index (κ3) is 4.85. The van der Waals surface area contributed by atoms with Crippen LogP contribution in [0.4, 0.5) is 5.82 Å². The van der Waals surface area contributed by atoms with Crippen LogP contribution in [-0.2, 0) is 0 Å². The molecular formula is C28H27Cl3N4O. The van der Waals surface area contributed by atoms with E-state index in [0.717, 1.165) is 36.9 Å². The van der Waals surface area contributed by atoms with Gasteiger partial charge in [0.05, 0.1) is 26.9 Å². The van der Waals surface area contributed by atoms with Crippen molar-refractivity contribution in [2.45, 2.75) is 38.8 Å². The number of para-hydroxylation sites is 1. The Bertz CT molecular complexity index is 1460. The van der Waals surface area contributed by atoms with E-state index in [4.69, 9.17) is 39.8 Å². The molecule has 0 amide bonds. The van der Waals surface area contributed by atoms with E-state index in [1.165, 1.54) is 6.07 Å². The number of hydrogen-bond donors (Lipinski definition) is 1. The van der Waals surface area contributed by atoms with E-state index in [0.29, 0.717) is 43.8 Å². The zero-order valence-electron chi connectivity index (χ0n) is 20.1. The molecule has 186 valence electrons. The van der Waals surface area contributed by atoms with Gasteiger partial charge in [-0.3, -0.25) is 9.36 Å². The van der Waals surface area contributed by atoms with E-state index < -0.39 is 0 Å². The van der Waals surface area contributed by atoms with Crippen molar-refractivity contribution in [2.24, 2.45) is 0 Å². The normalized spacial score (nSPS) is 15.1. The lowest BCUT2D eigenvalue weighted by Crippen LogP contribution is -2.42. The Kier molecular flexibility index (Phi) is 7.27. The number of anilines is 1. The smallest absolute Gasteiger partial charge is 0.255 e. The number of benzene rings is 2. The van der Waals surface area contributed by atoms with Crippen LogP contribution in [0.2, 0.25) is 15.1 Å². The van der Waals surface area contributed by atoms with Gasteiger partial charge in [0.15, 0.2) is 0 Å². The number of likely N-dealkylation sites (tertiary alicyclic amines) is 1. The molecule has 0 saturated carbocycles. The fraction of sp³-hybridized carbons (Fsp3) is 0.286. The molecule has 4 aromatic rings. The third-order valence-electron chi connectivity index (χ3n) is 6.79. The Labute approximate surface area is 225 Å². The zero-order chi connectivity index (χ0) is 25.4. The number of aromatic nitrogens is 2. The molecule has 1 aliphatic rings. The summed E-state index contributed by atoms with van der Waals surface area (Å²) in [5.41, 5.74) is 2.36. The number of fused-ring (bicyclic) bond motifs is 1.